The molecule has 10 heavy (non-hydrogen) atoms. The van der Waals surface area contributed by atoms with E-state index in [1.807, 2.05) is 20.8 Å². The fraction of sp³-hybridized carbons (Fsp3) is 0.429. The molecule has 0 amide bonds. The van der Waals surface area contributed by atoms with Crippen LogP contribution in [0.2, 0.25) is 0 Å². The topological polar surface area (TPSA) is 40.1 Å². The molecule has 3 heteroatoms. The van der Waals surface area contributed by atoms with Gasteiger partial charge in [-0.2, -0.15) is 17.2 Å². The SMILES string of the molecule is CC(C)=C(C)C=[C-][P+](=O)[O-]. The van der Waals surface area contributed by atoms with Crippen LogP contribution in [0, 0.1) is 5.82 Å². The molecule has 0 aromatic rings. The Kier molecular flexibility index (Phi) is 4.17. The van der Waals surface area contributed by atoms with Gasteiger partial charge in [0, 0.05) is 5.82 Å². The molecule has 0 radical (unpaired) electrons. The maximum absolute atomic E-state index is 10.00. The first-order valence-electron chi connectivity index (χ1n) is 2.92. The van der Waals surface area contributed by atoms with Crippen molar-refractivity contribution in [1.29, 1.82) is 0 Å². The van der Waals surface area contributed by atoms with Crippen LogP contribution < -0.4 is 4.89 Å². The summed E-state index contributed by atoms with van der Waals surface area (Å²) in [6.07, 6.45) is 1.47. The van der Waals surface area contributed by atoms with Crippen LogP contribution in [-0.2, 0) is 4.57 Å². The average Bonchev–Trinajstić information content (AvgIpc) is 1.82. The highest BCUT2D eigenvalue weighted by atomic mass is 31.1. The van der Waals surface area contributed by atoms with Crippen molar-refractivity contribution >= 4 is 8.03 Å². The largest absolute Gasteiger partial charge is 0.607 e. The van der Waals surface area contributed by atoms with E-state index in [-0.39, 0.29) is 0 Å². The minimum Gasteiger partial charge on any atom is -0.607 e. The van der Waals surface area contributed by atoms with Crippen molar-refractivity contribution in [2.45, 2.75) is 20.8 Å². The molecule has 0 aliphatic heterocycles. The quantitative estimate of drug-likeness (QED) is 0.348. The minimum absolute atomic E-state index is 0.944. The van der Waals surface area contributed by atoms with Gasteiger partial charge in [0.1, 0.15) is 0 Å². The number of hydrogen-bond donors (Lipinski definition) is 0. The van der Waals surface area contributed by atoms with Crippen LogP contribution in [0.25, 0.3) is 0 Å². The Morgan fingerprint density at radius 2 is 2.00 bits per heavy atom. The fourth-order valence-electron chi connectivity index (χ4n) is 0.294. The summed E-state index contributed by atoms with van der Waals surface area (Å²) in [6, 6.07) is 0. The molecule has 1 unspecified atom stereocenters. The normalized spacial score (nSPS) is 11.8. The molecule has 0 aromatic carbocycles. The summed E-state index contributed by atoms with van der Waals surface area (Å²) in [4.78, 5) is 10.00. The zero-order valence-corrected chi connectivity index (χ0v) is 7.24. The van der Waals surface area contributed by atoms with Crippen molar-refractivity contribution in [1.82, 2.24) is 0 Å². The molecule has 0 rings (SSSR count). The molecule has 56 valence electrons. The predicted molar refractivity (Wildman–Crippen MR) is 39.5 cm³/mol. The van der Waals surface area contributed by atoms with Crippen LogP contribution in [0.5, 0.6) is 0 Å². The number of hydrogen-bond acceptors (Lipinski definition) is 2. The van der Waals surface area contributed by atoms with E-state index in [4.69, 9.17) is 0 Å². The molecular weight excluding hydrogens is 147 g/mol. The van der Waals surface area contributed by atoms with Gasteiger partial charge in [-0.1, -0.05) is 18.4 Å². The molecule has 0 bridgehead atoms. The van der Waals surface area contributed by atoms with Gasteiger partial charge in [0.05, 0.1) is 0 Å². The molecule has 0 saturated heterocycles. The monoisotopic (exact) mass is 157 g/mol. The second-order valence-electron chi connectivity index (χ2n) is 2.21. The fourth-order valence-corrected chi connectivity index (χ4v) is 0.593. The minimum atomic E-state index is -2.50. The highest BCUT2D eigenvalue weighted by Crippen LogP contribution is 2.10. The molecule has 1 atom stereocenters. The molecule has 0 aliphatic carbocycles. The van der Waals surface area contributed by atoms with Gasteiger partial charge in [0.25, 0.3) is 0 Å². The van der Waals surface area contributed by atoms with Gasteiger partial charge in [0.15, 0.2) is 0 Å². The molecule has 0 aromatic heterocycles. The summed E-state index contributed by atoms with van der Waals surface area (Å²) >= 11 is 0. The number of rotatable bonds is 2. The van der Waals surface area contributed by atoms with Crippen molar-refractivity contribution in [3.05, 3.63) is 23.0 Å². The Labute approximate surface area is 62.1 Å². The summed E-state index contributed by atoms with van der Waals surface area (Å²) in [6.45, 7) is 5.69. The molecule has 0 saturated carbocycles. The highest BCUT2D eigenvalue weighted by Gasteiger charge is 1.79. The van der Waals surface area contributed by atoms with Crippen LogP contribution in [0.1, 0.15) is 20.8 Å². The van der Waals surface area contributed by atoms with Crippen molar-refractivity contribution in [2.24, 2.45) is 0 Å². The summed E-state index contributed by atoms with van der Waals surface area (Å²) in [5.74, 6) is 2.20. The van der Waals surface area contributed by atoms with Crippen LogP contribution in [0.4, 0.5) is 0 Å². The zero-order chi connectivity index (χ0) is 8.15. The van der Waals surface area contributed by atoms with Crippen LogP contribution in [0.3, 0.4) is 0 Å². The Balaban J connectivity index is 4.16. The van der Waals surface area contributed by atoms with Gasteiger partial charge < -0.3 is 4.89 Å². The zero-order valence-electron chi connectivity index (χ0n) is 6.34. The third kappa shape index (κ3) is 4.42. The van der Waals surface area contributed by atoms with Gasteiger partial charge in [-0.25, -0.2) is 0 Å². The Morgan fingerprint density at radius 1 is 1.50 bits per heavy atom. The third-order valence-electron chi connectivity index (χ3n) is 1.18. The maximum atomic E-state index is 10.00. The van der Waals surface area contributed by atoms with Crippen molar-refractivity contribution in [3.8, 4) is 0 Å². The third-order valence-corrected chi connectivity index (χ3v) is 1.52. The van der Waals surface area contributed by atoms with Crippen LogP contribution in [0.15, 0.2) is 17.2 Å². The van der Waals surface area contributed by atoms with E-state index in [1.54, 1.807) is 0 Å². The summed E-state index contributed by atoms with van der Waals surface area (Å²) in [5.41, 5.74) is 2.04. The Hall–Kier alpha value is -0.460. The van der Waals surface area contributed by atoms with E-state index < -0.39 is 8.03 Å². The standard InChI is InChI=1S/C7H10O2P/c1-6(2)7(3)4-5-10(8)9/h4H,1-3H3/q-1. The van der Waals surface area contributed by atoms with Crippen LogP contribution in [-0.4, -0.2) is 0 Å². The first-order chi connectivity index (χ1) is 4.54. The van der Waals surface area contributed by atoms with Gasteiger partial charge >= 0.3 is 0 Å². The van der Waals surface area contributed by atoms with Crippen molar-refractivity contribution < 1.29 is 9.46 Å². The van der Waals surface area contributed by atoms with Gasteiger partial charge in [-0.15, -0.1) is 6.92 Å². The van der Waals surface area contributed by atoms with Crippen molar-refractivity contribution in [2.75, 3.05) is 0 Å². The summed E-state index contributed by atoms with van der Waals surface area (Å²) < 4.78 is 10.00. The lowest BCUT2D eigenvalue weighted by molar-refractivity contribution is -0.161. The second-order valence-corrected chi connectivity index (χ2v) is 2.99. The van der Waals surface area contributed by atoms with Gasteiger partial charge in [-0.05, 0) is 0 Å². The van der Waals surface area contributed by atoms with Gasteiger partial charge in [0.2, 0.25) is 8.03 Å². The Morgan fingerprint density at radius 3 is 2.30 bits per heavy atom. The van der Waals surface area contributed by atoms with E-state index in [9.17, 15) is 9.46 Å². The first-order valence-corrected chi connectivity index (χ1v) is 4.09. The van der Waals surface area contributed by atoms with Gasteiger partial charge in [-0.3, -0.25) is 0 Å². The lowest BCUT2D eigenvalue weighted by atomic mass is 10.2. The van der Waals surface area contributed by atoms with E-state index in [0.29, 0.717) is 0 Å². The molecule has 0 spiro atoms. The first kappa shape index (κ1) is 9.54. The molecule has 2 nitrogen and oxygen atoms in total. The lowest BCUT2D eigenvalue weighted by Gasteiger charge is -2.01. The van der Waals surface area contributed by atoms with E-state index in [0.717, 1.165) is 11.1 Å². The second kappa shape index (κ2) is 4.37. The average molecular weight is 157 g/mol. The molecule has 0 fully saturated rings. The molecule has 0 N–H and O–H groups in total. The smallest absolute Gasteiger partial charge is 0.244 e. The van der Waals surface area contributed by atoms with Crippen molar-refractivity contribution in [3.63, 3.8) is 0 Å². The predicted octanol–water partition coefficient (Wildman–Crippen LogP) is 1.76. The Bertz CT molecular complexity index is 188. The maximum Gasteiger partial charge on any atom is 0.244 e. The number of allylic oxidation sites excluding steroid dienone is 3. The summed E-state index contributed by atoms with van der Waals surface area (Å²) in [5, 5.41) is 0. The van der Waals surface area contributed by atoms with E-state index in [2.05, 4.69) is 5.82 Å². The summed E-state index contributed by atoms with van der Waals surface area (Å²) in [7, 11) is -2.50. The molecular formula is C7H10O2P-. The highest BCUT2D eigenvalue weighted by molar-refractivity contribution is 7.38. The van der Waals surface area contributed by atoms with E-state index >= 15 is 0 Å². The molecule has 0 aliphatic rings. The lowest BCUT2D eigenvalue weighted by Crippen LogP contribution is -1.81. The van der Waals surface area contributed by atoms with Crippen LogP contribution >= 0.6 is 8.03 Å². The van der Waals surface area contributed by atoms with E-state index in [1.165, 1.54) is 6.08 Å². The molecule has 0 heterocycles.